The minimum atomic E-state index is -0.120. The van der Waals surface area contributed by atoms with E-state index < -0.39 is 0 Å². The molecule has 0 bridgehead atoms. The summed E-state index contributed by atoms with van der Waals surface area (Å²) in [6.45, 7) is 4.27. The first-order chi connectivity index (χ1) is 13.1. The third-order valence-corrected chi connectivity index (χ3v) is 5.03. The summed E-state index contributed by atoms with van der Waals surface area (Å²) in [4.78, 5) is 20.6. The fourth-order valence-electron chi connectivity index (χ4n) is 3.13. The van der Waals surface area contributed by atoms with Gasteiger partial charge in [0, 0.05) is 6.42 Å². The zero-order chi connectivity index (χ0) is 19.2. The number of amides is 1. The van der Waals surface area contributed by atoms with Gasteiger partial charge in [0.2, 0.25) is 5.91 Å². The summed E-state index contributed by atoms with van der Waals surface area (Å²) >= 11 is 0. The second kappa shape index (κ2) is 8.71. The van der Waals surface area contributed by atoms with Gasteiger partial charge in [-0.25, -0.2) is 4.98 Å². The number of para-hydroxylation sites is 2. The van der Waals surface area contributed by atoms with E-state index >= 15 is 0 Å². The summed E-state index contributed by atoms with van der Waals surface area (Å²) in [7, 11) is 1.65. The summed E-state index contributed by atoms with van der Waals surface area (Å²) < 4.78 is 5.17. The maximum Gasteiger partial charge on any atom is 0.220 e. The first-order valence-corrected chi connectivity index (χ1v) is 9.47. The van der Waals surface area contributed by atoms with Crippen molar-refractivity contribution in [1.82, 2.24) is 15.3 Å². The van der Waals surface area contributed by atoms with Crippen LogP contribution in [-0.4, -0.2) is 23.0 Å². The van der Waals surface area contributed by atoms with Gasteiger partial charge in [0.15, 0.2) is 0 Å². The van der Waals surface area contributed by atoms with Crippen LogP contribution in [-0.2, 0) is 11.2 Å². The summed E-state index contributed by atoms with van der Waals surface area (Å²) in [5.41, 5.74) is 3.04. The van der Waals surface area contributed by atoms with Gasteiger partial charge < -0.3 is 15.0 Å². The highest BCUT2D eigenvalue weighted by atomic mass is 16.5. The van der Waals surface area contributed by atoms with Gasteiger partial charge in [0.05, 0.1) is 24.2 Å². The number of nitrogens with one attached hydrogen (secondary N) is 2. The fourth-order valence-corrected chi connectivity index (χ4v) is 3.13. The average Bonchev–Trinajstić information content (AvgIpc) is 3.14. The zero-order valence-corrected chi connectivity index (χ0v) is 16.2. The molecule has 0 aliphatic carbocycles. The number of aryl methyl sites for hydroxylation is 1. The lowest BCUT2D eigenvalue weighted by Crippen LogP contribution is -2.33. The lowest BCUT2D eigenvalue weighted by molar-refractivity contribution is -0.122. The lowest BCUT2D eigenvalue weighted by atomic mass is 9.98. The van der Waals surface area contributed by atoms with Crippen LogP contribution in [0, 0.1) is 5.92 Å². The van der Waals surface area contributed by atoms with E-state index in [4.69, 9.17) is 4.74 Å². The monoisotopic (exact) mass is 365 g/mol. The topological polar surface area (TPSA) is 67.0 Å². The SMILES string of the molecule is CC[C@H](C)[C@H](NC(=O)CCc1ccc(OC)cc1)c1nc2ccccc2[nH]1. The second-order valence-corrected chi connectivity index (χ2v) is 6.92. The molecule has 0 aliphatic rings. The van der Waals surface area contributed by atoms with Crippen LogP contribution in [0.5, 0.6) is 5.75 Å². The molecular weight excluding hydrogens is 338 g/mol. The zero-order valence-electron chi connectivity index (χ0n) is 16.2. The third-order valence-electron chi connectivity index (χ3n) is 5.03. The molecule has 1 aromatic heterocycles. The van der Waals surface area contributed by atoms with Crippen LogP contribution in [0.1, 0.15) is 44.1 Å². The smallest absolute Gasteiger partial charge is 0.220 e. The molecule has 27 heavy (non-hydrogen) atoms. The Balaban J connectivity index is 1.67. The maximum atomic E-state index is 12.6. The van der Waals surface area contributed by atoms with E-state index in [1.807, 2.05) is 48.5 Å². The predicted molar refractivity (Wildman–Crippen MR) is 108 cm³/mol. The van der Waals surface area contributed by atoms with Crippen molar-refractivity contribution in [2.75, 3.05) is 7.11 Å². The summed E-state index contributed by atoms with van der Waals surface area (Å²) in [5, 5.41) is 3.18. The van der Waals surface area contributed by atoms with E-state index in [-0.39, 0.29) is 17.9 Å². The van der Waals surface area contributed by atoms with Gasteiger partial charge >= 0.3 is 0 Å². The molecule has 0 saturated heterocycles. The fraction of sp³-hybridized carbons (Fsp3) is 0.364. The van der Waals surface area contributed by atoms with Crippen molar-refractivity contribution in [3.05, 3.63) is 59.9 Å². The van der Waals surface area contributed by atoms with Crippen LogP contribution < -0.4 is 10.1 Å². The number of aromatic nitrogens is 2. The number of fused-ring (bicyclic) bond motifs is 1. The Bertz CT molecular complexity index is 853. The van der Waals surface area contributed by atoms with Gasteiger partial charge in [-0.05, 0) is 42.2 Å². The molecule has 0 fully saturated rings. The van der Waals surface area contributed by atoms with Gasteiger partial charge in [0.25, 0.3) is 0 Å². The standard InChI is InChI=1S/C22H27N3O2/c1-4-15(2)21(22-23-18-7-5-6-8-19(18)24-22)25-20(26)14-11-16-9-12-17(27-3)13-10-16/h5-10,12-13,15,21H,4,11,14H2,1-3H3,(H,23,24)(H,25,26)/t15-,21-/m0/s1. The van der Waals surface area contributed by atoms with Crippen LogP contribution in [0.3, 0.4) is 0 Å². The van der Waals surface area contributed by atoms with Crippen LogP contribution in [0.2, 0.25) is 0 Å². The molecule has 2 atom stereocenters. The van der Waals surface area contributed by atoms with E-state index in [1.54, 1.807) is 7.11 Å². The van der Waals surface area contributed by atoms with Crippen LogP contribution in [0.15, 0.2) is 48.5 Å². The van der Waals surface area contributed by atoms with Gasteiger partial charge in [-0.3, -0.25) is 4.79 Å². The molecule has 2 N–H and O–H groups in total. The van der Waals surface area contributed by atoms with Gasteiger partial charge in [0.1, 0.15) is 11.6 Å². The van der Waals surface area contributed by atoms with E-state index in [9.17, 15) is 4.79 Å². The van der Waals surface area contributed by atoms with E-state index in [2.05, 4.69) is 29.1 Å². The minimum absolute atomic E-state index is 0.0385. The van der Waals surface area contributed by atoms with E-state index in [0.717, 1.165) is 34.6 Å². The van der Waals surface area contributed by atoms with Gasteiger partial charge in [-0.2, -0.15) is 0 Å². The normalized spacial score (nSPS) is 13.3. The molecule has 1 amide bonds. The summed E-state index contributed by atoms with van der Waals surface area (Å²) in [6, 6.07) is 15.7. The number of rotatable bonds is 8. The molecule has 0 saturated carbocycles. The summed E-state index contributed by atoms with van der Waals surface area (Å²) in [6.07, 6.45) is 2.10. The highest BCUT2D eigenvalue weighted by Crippen LogP contribution is 2.25. The highest BCUT2D eigenvalue weighted by Gasteiger charge is 2.23. The van der Waals surface area contributed by atoms with Crippen molar-refractivity contribution >= 4 is 16.9 Å². The molecule has 1 heterocycles. The number of aromatic amines is 1. The number of H-pyrrole nitrogens is 1. The van der Waals surface area contributed by atoms with Crippen molar-refractivity contribution in [2.45, 2.75) is 39.2 Å². The molecule has 0 radical (unpaired) electrons. The number of methoxy groups -OCH3 is 1. The van der Waals surface area contributed by atoms with Crippen molar-refractivity contribution in [3.63, 3.8) is 0 Å². The molecular formula is C22H27N3O2. The Morgan fingerprint density at radius 2 is 1.93 bits per heavy atom. The summed E-state index contributed by atoms with van der Waals surface area (Å²) in [5.74, 6) is 1.97. The number of hydrogen-bond donors (Lipinski definition) is 2. The molecule has 0 aliphatic heterocycles. The number of nitrogens with zero attached hydrogens (tertiary/aromatic N) is 1. The number of imidazole rings is 1. The molecule has 3 aromatic rings. The van der Waals surface area contributed by atoms with Crippen molar-refractivity contribution in [1.29, 1.82) is 0 Å². The molecule has 0 unspecified atom stereocenters. The first-order valence-electron chi connectivity index (χ1n) is 9.47. The number of carbonyl (C=O) groups is 1. The molecule has 0 spiro atoms. The number of benzene rings is 2. The molecule has 142 valence electrons. The molecule has 3 rings (SSSR count). The van der Waals surface area contributed by atoms with Gasteiger partial charge in [-0.1, -0.05) is 44.5 Å². The largest absolute Gasteiger partial charge is 0.497 e. The van der Waals surface area contributed by atoms with Gasteiger partial charge in [-0.15, -0.1) is 0 Å². The maximum absolute atomic E-state index is 12.6. The Kier molecular flexibility index (Phi) is 6.12. The van der Waals surface area contributed by atoms with Crippen molar-refractivity contribution < 1.29 is 9.53 Å². The quantitative estimate of drug-likeness (QED) is 0.621. The first kappa shape index (κ1) is 19.0. The predicted octanol–water partition coefficient (Wildman–Crippen LogP) is 4.41. The second-order valence-electron chi connectivity index (χ2n) is 6.92. The number of carbonyl (C=O) groups excluding carboxylic acids is 1. The van der Waals surface area contributed by atoms with Crippen molar-refractivity contribution in [3.8, 4) is 5.75 Å². The molecule has 2 aromatic carbocycles. The molecule has 5 heteroatoms. The number of hydrogen-bond acceptors (Lipinski definition) is 3. The van der Waals surface area contributed by atoms with Crippen LogP contribution in [0.4, 0.5) is 0 Å². The lowest BCUT2D eigenvalue weighted by Gasteiger charge is -2.22. The highest BCUT2D eigenvalue weighted by molar-refractivity contribution is 5.77. The van der Waals surface area contributed by atoms with E-state index in [0.29, 0.717) is 12.8 Å². The van der Waals surface area contributed by atoms with Crippen LogP contribution >= 0.6 is 0 Å². The number of ether oxygens (including phenoxy) is 1. The average molecular weight is 365 g/mol. The van der Waals surface area contributed by atoms with Crippen molar-refractivity contribution in [2.24, 2.45) is 5.92 Å². The minimum Gasteiger partial charge on any atom is -0.497 e. The Hall–Kier alpha value is -2.82. The Labute approximate surface area is 160 Å². The Morgan fingerprint density at radius 3 is 2.59 bits per heavy atom. The van der Waals surface area contributed by atoms with E-state index in [1.165, 1.54) is 0 Å². The van der Waals surface area contributed by atoms with Crippen LogP contribution in [0.25, 0.3) is 11.0 Å². The Morgan fingerprint density at radius 1 is 1.19 bits per heavy atom. The molecule has 5 nitrogen and oxygen atoms in total. The third kappa shape index (κ3) is 4.67.